The molecule has 0 aliphatic rings. The first-order chi connectivity index (χ1) is 15.1. The molecule has 0 radical (unpaired) electrons. The van der Waals surface area contributed by atoms with Crippen molar-refractivity contribution in [2.45, 2.75) is 26.4 Å². The molecule has 2 aromatic carbocycles. The summed E-state index contributed by atoms with van der Waals surface area (Å²) in [5.74, 6) is -1.12. The number of aromatic amines is 1. The van der Waals surface area contributed by atoms with E-state index in [0.29, 0.717) is 6.54 Å². The van der Waals surface area contributed by atoms with Crippen LogP contribution in [0.25, 0.3) is 22.4 Å². The summed E-state index contributed by atoms with van der Waals surface area (Å²) in [6, 6.07) is 5.52. The van der Waals surface area contributed by atoms with Gasteiger partial charge in [0.05, 0.1) is 21.7 Å². The van der Waals surface area contributed by atoms with Gasteiger partial charge >= 0.3 is 6.18 Å². The van der Waals surface area contributed by atoms with E-state index in [-0.39, 0.29) is 33.0 Å². The molecule has 0 spiro atoms. The summed E-state index contributed by atoms with van der Waals surface area (Å²) in [5.41, 5.74) is -0.636. The number of imidazole rings is 1. The summed E-state index contributed by atoms with van der Waals surface area (Å²) in [6.45, 7) is 7.31. The van der Waals surface area contributed by atoms with E-state index in [4.69, 9.17) is 11.6 Å². The number of hydrogen-bond acceptors (Lipinski definition) is 3. The standard InChI is InChI=1S/C22H23ClF4N4O/c1-3-31(4-2)9-5-8-28-21(32)13-6-7-15(17(24)10-13)20-29-18-12-14(22(25,26)27)11-16(23)19(18)30-20/h6-7,10-12H,3-5,8-9H2,1-2H3,(H,28,32)(H,29,30). The molecule has 32 heavy (non-hydrogen) atoms. The average molecular weight is 471 g/mol. The summed E-state index contributed by atoms with van der Waals surface area (Å²) in [7, 11) is 0. The van der Waals surface area contributed by atoms with Crippen molar-refractivity contribution in [1.82, 2.24) is 20.2 Å². The number of rotatable bonds is 8. The Morgan fingerprint density at radius 1 is 1.19 bits per heavy atom. The van der Waals surface area contributed by atoms with Crippen LogP contribution in [0.4, 0.5) is 17.6 Å². The van der Waals surface area contributed by atoms with Crippen molar-refractivity contribution in [3.8, 4) is 11.4 Å². The van der Waals surface area contributed by atoms with Crippen LogP contribution < -0.4 is 5.32 Å². The Kier molecular flexibility index (Phi) is 7.40. The van der Waals surface area contributed by atoms with Crippen LogP contribution in [0.2, 0.25) is 5.02 Å². The minimum Gasteiger partial charge on any atom is -0.352 e. The molecule has 1 aromatic heterocycles. The largest absolute Gasteiger partial charge is 0.416 e. The van der Waals surface area contributed by atoms with Crippen molar-refractivity contribution in [3.05, 3.63) is 52.3 Å². The van der Waals surface area contributed by atoms with E-state index < -0.39 is 23.5 Å². The van der Waals surface area contributed by atoms with Crippen LogP contribution in [0, 0.1) is 5.82 Å². The van der Waals surface area contributed by atoms with Crippen LogP contribution in [0.5, 0.6) is 0 Å². The fraction of sp³-hybridized carbons (Fsp3) is 0.364. The lowest BCUT2D eigenvalue weighted by Gasteiger charge is -2.17. The number of alkyl halides is 3. The van der Waals surface area contributed by atoms with Crippen LogP contribution in [0.1, 0.15) is 36.2 Å². The number of benzene rings is 2. The number of aromatic nitrogens is 2. The Hall–Kier alpha value is -2.65. The van der Waals surface area contributed by atoms with E-state index in [1.165, 1.54) is 12.1 Å². The van der Waals surface area contributed by atoms with Gasteiger partial charge in [-0.15, -0.1) is 0 Å². The number of H-pyrrole nitrogens is 1. The van der Waals surface area contributed by atoms with Crippen LogP contribution in [-0.2, 0) is 6.18 Å². The quantitative estimate of drug-likeness (QED) is 0.337. The SMILES string of the molecule is CCN(CC)CCCNC(=O)c1ccc(-c2nc3c(Cl)cc(C(F)(F)F)cc3[nH]2)c(F)c1. The number of nitrogens with one attached hydrogen (secondary N) is 2. The summed E-state index contributed by atoms with van der Waals surface area (Å²) < 4.78 is 53.7. The summed E-state index contributed by atoms with van der Waals surface area (Å²) in [6.07, 6.45) is -3.80. The molecule has 0 aliphatic heterocycles. The fourth-order valence-corrected chi connectivity index (χ4v) is 3.62. The van der Waals surface area contributed by atoms with E-state index >= 15 is 0 Å². The second kappa shape index (κ2) is 9.87. The number of nitrogens with zero attached hydrogens (tertiary/aromatic N) is 2. The van der Waals surface area contributed by atoms with Crippen LogP contribution in [0.15, 0.2) is 30.3 Å². The van der Waals surface area contributed by atoms with E-state index in [2.05, 4.69) is 34.0 Å². The first-order valence-electron chi connectivity index (χ1n) is 10.2. The van der Waals surface area contributed by atoms with Crippen molar-refractivity contribution in [2.24, 2.45) is 0 Å². The van der Waals surface area contributed by atoms with E-state index in [1.807, 2.05) is 0 Å². The number of hydrogen-bond donors (Lipinski definition) is 2. The first-order valence-corrected chi connectivity index (χ1v) is 10.6. The Labute approximate surface area is 187 Å². The third-order valence-corrected chi connectivity index (χ3v) is 5.47. The third-order valence-electron chi connectivity index (χ3n) is 5.18. The lowest BCUT2D eigenvalue weighted by molar-refractivity contribution is -0.137. The second-order valence-electron chi connectivity index (χ2n) is 7.27. The molecular weight excluding hydrogens is 448 g/mol. The average Bonchev–Trinajstić information content (AvgIpc) is 3.17. The van der Waals surface area contributed by atoms with Crippen LogP contribution in [-0.4, -0.2) is 47.0 Å². The number of halogens is 5. The molecule has 172 valence electrons. The molecule has 0 aliphatic carbocycles. The maximum atomic E-state index is 14.7. The van der Waals surface area contributed by atoms with Crippen molar-refractivity contribution >= 4 is 28.5 Å². The van der Waals surface area contributed by atoms with E-state index in [9.17, 15) is 22.4 Å². The van der Waals surface area contributed by atoms with Crippen molar-refractivity contribution in [2.75, 3.05) is 26.2 Å². The van der Waals surface area contributed by atoms with Gasteiger partial charge in [-0.1, -0.05) is 25.4 Å². The molecule has 10 heteroatoms. The van der Waals surface area contributed by atoms with Crippen molar-refractivity contribution < 1.29 is 22.4 Å². The molecule has 5 nitrogen and oxygen atoms in total. The smallest absolute Gasteiger partial charge is 0.352 e. The molecule has 3 rings (SSSR count). The van der Waals surface area contributed by atoms with Crippen LogP contribution in [0.3, 0.4) is 0 Å². The topological polar surface area (TPSA) is 61.0 Å². The number of carbonyl (C=O) groups excluding carboxylic acids is 1. The summed E-state index contributed by atoms with van der Waals surface area (Å²) in [4.78, 5) is 21.4. The number of fused-ring (bicyclic) bond motifs is 1. The van der Waals surface area contributed by atoms with E-state index in [0.717, 1.165) is 44.3 Å². The van der Waals surface area contributed by atoms with Gasteiger partial charge in [0.25, 0.3) is 5.91 Å². The van der Waals surface area contributed by atoms with Gasteiger partial charge in [0, 0.05) is 12.1 Å². The highest BCUT2D eigenvalue weighted by atomic mass is 35.5. The molecule has 0 atom stereocenters. The minimum atomic E-state index is -4.57. The van der Waals surface area contributed by atoms with Crippen molar-refractivity contribution in [1.29, 1.82) is 0 Å². The Balaban J connectivity index is 1.75. The molecule has 3 aromatic rings. The molecule has 0 saturated heterocycles. The maximum Gasteiger partial charge on any atom is 0.416 e. The lowest BCUT2D eigenvalue weighted by atomic mass is 10.1. The highest BCUT2D eigenvalue weighted by Crippen LogP contribution is 2.35. The molecule has 0 saturated carbocycles. The van der Waals surface area contributed by atoms with Gasteiger partial charge in [0.2, 0.25) is 0 Å². The number of carbonyl (C=O) groups is 1. The first kappa shape index (κ1) is 24.0. The zero-order chi connectivity index (χ0) is 23.5. The predicted octanol–water partition coefficient (Wildman–Crippen LogP) is 5.50. The van der Waals surface area contributed by atoms with Gasteiger partial charge in [-0.3, -0.25) is 4.79 Å². The normalized spacial score (nSPS) is 12.0. The predicted molar refractivity (Wildman–Crippen MR) is 116 cm³/mol. The zero-order valence-corrected chi connectivity index (χ0v) is 18.4. The monoisotopic (exact) mass is 470 g/mol. The minimum absolute atomic E-state index is 0.0175. The fourth-order valence-electron chi connectivity index (χ4n) is 3.36. The molecule has 0 fully saturated rings. The van der Waals surface area contributed by atoms with Gasteiger partial charge in [-0.05, 0) is 56.4 Å². The van der Waals surface area contributed by atoms with Gasteiger partial charge < -0.3 is 15.2 Å². The maximum absolute atomic E-state index is 14.7. The second-order valence-corrected chi connectivity index (χ2v) is 7.68. The molecule has 1 heterocycles. The van der Waals surface area contributed by atoms with E-state index in [1.54, 1.807) is 0 Å². The van der Waals surface area contributed by atoms with Gasteiger partial charge in [0.15, 0.2) is 0 Å². The molecule has 0 bridgehead atoms. The molecular formula is C22H23ClF4N4O. The summed E-state index contributed by atoms with van der Waals surface area (Å²) >= 11 is 5.94. The van der Waals surface area contributed by atoms with Crippen LogP contribution >= 0.6 is 11.6 Å². The summed E-state index contributed by atoms with van der Waals surface area (Å²) in [5, 5.41) is 2.56. The van der Waals surface area contributed by atoms with Gasteiger partial charge in [-0.2, -0.15) is 13.2 Å². The van der Waals surface area contributed by atoms with Gasteiger partial charge in [-0.25, -0.2) is 9.37 Å². The molecule has 2 N–H and O–H groups in total. The molecule has 0 unspecified atom stereocenters. The highest BCUT2D eigenvalue weighted by Gasteiger charge is 2.32. The lowest BCUT2D eigenvalue weighted by Crippen LogP contribution is -2.29. The Morgan fingerprint density at radius 3 is 2.53 bits per heavy atom. The van der Waals surface area contributed by atoms with Gasteiger partial charge in [0.1, 0.15) is 17.2 Å². The zero-order valence-electron chi connectivity index (χ0n) is 17.6. The highest BCUT2D eigenvalue weighted by molar-refractivity contribution is 6.35. The number of amides is 1. The Bertz CT molecular complexity index is 1110. The van der Waals surface area contributed by atoms with Crippen molar-refractivity contribution in [3.63, 3.8) is 0 Å². The Morgan fingerprint density at radius 2 is 1.91 bits per heavy atom. The third kappa shape index (κ3) is 5.39. The molecule has 1 amide bonds.